The highest BCUT2D eigenvalue weighted by Crippen LogP contribution is 2.15. The smallest absolute Gasteiger partial charge is 0.245 e. The molecule has 2 amide bonds. The van der Waals surface area contributed by atoms with Crippen LogP contribution in [-0.2, 0) is 9.59 Å². The summed E-state index contributed by atoms with van der Waals surface area (Å²) in [5.74, 6) is 2.20. The van der Waals surface area contributed by atoms with E-state index in [1.54, 1.807) is 4.90 Å². The average molecular weight is 272 g/mol. The molecule has 0 bridgehead atoms. The standard InChI is InChI=1S/C13H24N2O2S/c1-4-6-11-13(17)15(9-12(16)14-11)10(3)7-8-18-5-2/h10-11H,4-9H2,1-3H3,(H,14,16). The Kier molecular flexibility index (Phi) is 6.54. The van der Waals surface area contributed by atoms with Gasteiger partial charge in [0.15, 0.2) is 0 Å². The number of nitrogens with zero attached hydrogens (tertiary/aromatic N) is 1. The molecule has 1 aliphatic heterocycles. The molecule has 5 heteroatoms. The zero-order chi connectivity index (χ0) is 13.5. The first-order valence-electron chi connectivity index (χ1n) is 6.77. The van der Waals surface area contributed by atoms with Crippen LogP contribution in [-0.4, -0.2) is 46.8 Å². The predicted octanol–water partition coefficient (Wildman–Crippen LogP) is 1.65. The van der Waals surface area contributed by atoms with E-state index in [0.29, 0.717) is 0 Å². The minimum Gasteiger partial charge on any atom is -0.343 e. The highest BCUT2D eigenvalue weighted by molar-refractivity contribution is 7.99. The molecule has 0 aromatic heterocycles. The summed E-state index contributed by atoms with van der Waals surface area (Å²) >= 11 is 1.87. The first kappa shape index (κ1) is 15.3. The molecule has 1 saturated heterocycles. The molecule has 0 saturated carbocycles. The van der Waals surface area contributed by atoms with Gasteiger partial charge >= 0.3 is 0 Å². The van der Waals surface area contributed by atoms with Gasteiger partial charge in [-0.15, -0.1) is 0 Å². The Morgan fingerprint density at radius 1 is 1.44 bits per heavy atom. The molecule has 0 aliphatic carbocycles. The number of nitrogens with one attached hydrogen (secondary N) is 1. The molecule has 0 spiro atoms. The quantitative estimate of drug-likeness (QED) is 0.717. The molecule has 0 aromatic carbocycles. The van der Waals surface area contributed by atoms with E-state index in [4.69, 9.17) is 0 Å². The molecule has 1 rings (SSSR count). The SMILES string of the molecule is CCCC1NC(=O)CN(C(C)CCSCC)C1=O. The van der Waals surface area contributed by atoms with Gasteiger partial charge in [0.2, 0.25) is 11.8 Å². The third kappa shape index (κ3) is 4.19. The van der Waals surface area contributed by atoms with Crippen LogP contribution in [0.3, 0.4) is 0 Å². The van der Waals surface area contributed by atoms with Crippen molar-refractivity contribution in [1.29, 1.82) is 0 Å². The van der Waals surface area contributed by atoms with Gasteiger partial charge in [0.25, 0.3) is 0 Å². The Morgan fingerprint density at radius 2 is 2.17 bits per heavy atom. The van der Waals surface area contributed by atoms with E-state index < -0.39 is 0 Å². The van der Waals surface area contributed by atoms with Crippen LogP contribution in [0, 0.1) is 0 Å². The Morgan fingerprint density at radius 3 is 2.78 bits per heavy atom. The molecule has 4 nitrogen and oxygen atoms in total. The van der Waals surface area contributed by atoms with Crippen molar-refractivity contribution in [3.8, 4) is 0 Å². The summed E-state index contributed by atoms with van der Waals surface area (Å²) < 4.78 is 0. The topological polar surface area (TPSA) is 49.4 Å². The van der Waals surface area contributed by atoms with Crippen molar-refractivity contribution in [2.24, 2.45) is 0 Å². The highest BCUT2D eigenvalue weighted by atomic mass is 32.2. The molecule has 104 valence electrons. The molecule has 0 aromatic rings. The summed E-state index contributed by atoms with van der Waals surface area (Å²) in [6.07, 6.45) is 2.60. The van der Waals surface area contributed by atoms with Crippen LogP contribution in [0.5, 0.6) is 0 Å². The number of hydrogen-bond acceptors (Lipinski definition) is 3. The van der Waals surface area contributed by atoms with E-state index in [9.17, 15) is 9.59 Å². The molecule has 1 aliphatic rings. The van der Waals surface area contributed by atoms with Crippen LogP contribution < -0.4 is 5.32 Å². The van der Waals surface area contributed by atoms with E-state index >= 15 is 0 Å². The highest BCUT2D eigenvalue weighted by Gasteiger charge is 2.34. The van der Waals surface area contributed by atoms with Gasteiger partial charge < -0.3 is 10.2 Å². The first-order valence-corrected chi connectivity index (χ1v) is 7.93. The van der Waals surface area contributed by atoms with Crippen LogP contribution in [0.25, 0.3) is 0 Å². The second-order valence-corrected chi connectivity index (χ2v) is 6.10. The summed E-state index contributed by atoms with van der Waals surface area (Å²) in [6, 6.07) is -0.153. The Hall–Kier alpha value is -0.710. The third-order valence-electron chi connectivity index (χ3n) is 3.22. The van der Waals surface area contributed by atoms with Crippen molar-refractivity contribution >= 4 is 23.6 Å². The molecule has 2 unspecified atom stereocenters. The lowest BCUT2D eigenvalue weighted by Crippen LogP contribution is -2.60. The van der Waals surface area contributed by atoms with Gasteiger partial charge in [-0.1, -0.05) is 20.3 Å². The van der Waals surface area contributed by atoms with E-state index in [1.165, 1.54) is 0 Å². The monoisotopic (exact) mass is 272 g/mol. The lowest BCUT2D eigenvalue weighted by atomic mass is 10.1. The maximum Gasteiger partial charge on any atom is 0.245 e. The molecule has 1 N–H and O–H groups in total. The van der Waals surface area contributed by atoms with Gasteiger partial charge in [-0.2, -0.15) is 11.8 Å². The number of hydrogen-bond donors (Lipinski definition) is 1. The first-order chi connectivity index (χ1) is 8.60. The van der Waals surface area contributed by atoms with Crippen LogP contribution in [0.15, 0.2) is 0 Å². The number of carbonyl (C=O) groups excluding carboxylic acids is 2. The Labute approximate surface area is 114 Å². The summed E-state index contributed by atoms with van der Waals surface area (Å²) in [5, 5.41) is 2.78. The minimum atomic E-state index is -0.308. The lowest BCUT2D eigenvalue weighted by Gasteiger charge is -2.36. The molecule has 2 atom stereocenters. The summed E-state index contributed by atoms with van der Waals surface area (Å²) in [4.78, 5) is 25.6. The van der Waals surface area contributed by atoms with Gasteiger partial charge in [-0.05, 0) is 31.3 Å². The van der Waals surface area contributed by atoms with Crippen molar-refractivity contribution in [2.75, 3.05) is 18.1 Å². The van der Waals surface area contributed by atoms with E-state index in [0.717, 1.165) is 30.8 Å². The predicted molar refractivity (Wildman–Crippen MR) is 75.6 cm³/mol. The number of piperazine rings is 1. The number of amides is 2. The fraction of sp³-hybridized carbons (Fsp3) is 0.846. The van der Waals surface area contributed by atoms with Crippen molar-refractivity contribution in [3.63, 3.8) is 0 Å². The fourth-order valence-corrected chi connectivity index (χ4v) is 2.94. The molecule has 18 heavy (non-hydrogen) atoms. The molecule has 1 heterocycles. The summed E-state index contributed by atoms with van der Waals surface area (Å²) in [7, 11) is 0. The average Bonchev–Trinajstić information content (AvgIpc) is 2.34. The van der Waals surface area contributed by atoms with Gasteiger partial charge in [-0.25, -0.2) is 0 Å². The Bertz CT molecular complexity index is 297. The van der Waals surface area contributed by atoms with Crippen molar-refractivity contribution in [1.82, 2.24) is 10.2 Å². The van der Waals surface area contributed by atoms with Crippen molar-refractivity contribution < 1.29 is 9.59 Å². The van der Waals surface area contributed by atoms with E-state index in [-0.39, 0.29) is 30.4 Å². The summed E-state index contributed by atoms with van der Waals surface area (Å²) in [5.41, 5.74) is 0. The number of carbonyl (C=O) groups is 2. The number of thioether (sulfide) groups is 1. The van der Waals surface area contributed by atoms with Crippen molar-refractivity contribution in [2.45, 2.75) is 52.1 Å². The third-order valence-corrected chi connectivity index (χ3v) is 4.16. The zero-order valence-corrected chi connectivity index (χ0v) is 12.4. The maximum atomic E-state index is 12.2. The van der Waals surface area contributed by atoms with Crippen molar-refractivity contribution in [3.05, 3.63) is 0 Å². The molecule has 1 fully saturated rings. The summed E-state index contributed by atoms with van der Waals surface area (Å²) in [6.45, 7) is 6.42. The van der Waals surface area contributed by atoms with Crippen LogP contribution in [0.1, 0.15) is 40.0 Å². The van der Waals surface area contributed by atoms with Crippen LogP contribution >= 0.6 is 11.8 Å². The lowest BCUT2D eigenvalue weighted by molar-refractivity contribution is -0.146. The largest absolute Gasteiger partial charge is 0.343 e. The minimum absolute atomic E-state index is 0.0250. The second kappa shape index (κ2) is 7.67. The Balaban J connectivity index is 2.56. The van der Waals surface area contributed by atoms with Gasteiger partial charge in [0, 0.05) is 6.04 Å². The second-order valence-electron chi connectivity index (χ2n) is 4.71. The van der Waals surface area contributed by atoms with E-state index in [2.05, 4.69) is 12.2 Å². The van der Waals surface area contributed by atoms with Crippen LogP contribution in [0.2, 0.25) is 0 Å². The van der Waals surface area contributed by atoms with Crippen LogP contribution in [0.4, 0.5) is 0 Å². The molecule has 0 radical (unpaired) electrons. The van der Waals surface area contributed by atoms with Gasteiger partial charge in [0.05, 0.1) is 6.54 Å². The zero-order valence-electron chi connectivity index (χ0n) is 11.6. The molecular formula is C13H24N2O2S. The normalized spacial score (nSPS) is 21.9. The number of rotatable bonds is 7. The van der Waals surface area contributed by atoms with E-state index in [1.807, 2.05) is 25.6 Å². The van der Waals surface area contributed by atoms with Gasteiger partial charge in [0.1, 0.15) is 6.04 Å². The molecular weight excluding hydrogens is 248 g/mol. The van der Waals surface area contributed by atoms with Gasteiger partial charge in [-0.3, -0.25) is 9.59 Å². The fourth-order valence-electron chi connectivity index (χ4n) is 2.15. The maximum absolute atomic E-state index is 12.2.